The highest BCUT2D eigenvalue weighted by Gasteiger charge is 2.32. The van der Waals surface area contributed by atoms with Gasteiger partial charge in [-0.3, -0.25) is 0 Å². The molecule has 0 saturated carbocycles. The minimum atomic E-state index is -2.70. The van der Waals surface area contributed by atoms with Crippen LogP contribution in [0.5, 0.6) is 11.5 Å². The Bertz CT molecular complexity index is 1010. The van der Waals surface area contributed by atoms with Gasteiger partial charge in [-0.25, -0.2) is 4.31 Å². The van der Waals surface area contributed by atoms with Crippen molar-refractivity contribution in [2.24, 2.45) is 0 Å². The van der Waals surface area contributed by atoms with Crippen molar-refractivity contribution in [1.82, 2.24) is 0 Å². The quantitative estimate of drug-likeness (QED) is 0.351. The van der Waals surface area contributed by atoms with Gasteiger partial charge in [0.05, 0.1) is 0 Å². The zero-order valence-corrected chi connectivity index (χ0v) is 27.1. The first kappa shape index (κ1) is 32.0. The first-order valence-corrected chi connectivity index (χ1v) is 15.1. The van der Waals surface area contributed by atoms with Crippen LogP contribution in [0.2, 0.25) is 0 Å². The molecule has 0 aliphatic heterocycles. The van der Waals surface area contributed by atoms with Gasteiger partial charge in [0, 0.05) is 11.1 Å². The summed E-state index contributed by atoms with van der Waals surface area (Å²) in [6.45, 7) is 30.0. The molecule has 208 valence electrons. The summed E-state index contributed by atoms with van der Waals surface area (Å²) in [4.78, 5) is 19.7. The summed E-state index contributed by atoms with van der Waals surface area (Å²) < 4.78 is 18.3. The molecule has 0 fully saturated rings. The average Bonchev–Trinajstić information content (AvgIpc) is 2.66. The molecular weight excluding hydrogens is 502 g/mol. The van der Waals surface area contributed by atoms with E-state index in [0.717, 1.165) is 22.3 Å². The van der Waals surface area contributed by atoms with Crippen molar-refractivity contribution < 1.29 is 23.1 Å². The first-order chi connectivity index (χ1) is 16.5. The number of aryl methyl sites for hydroxylation is 2. The largest absolute Gasteiger partial charge is 0.470 e. The van der Waals surface area contributed by atoms with Crippen LogP contribution in [0.3, 0.4) is 0 Å². The molecule has 0 aliphatic rings. The molecule has 0 bridgehead atoms. The van der Waals surface area contributed by atoms with Gasteiger partial charge in [0.1, 0.15) is 11.5 Å². The van der Waals surface area contributed by atoms with E-state index in [0.29, 0.717) is 11.5 Å². The molecule has 0 amide bonds. The Kier molecular flexibility index (Phi) is 9.60. The van der Waals surface area contributed by atoms with Crippen LogP contribution in [0.25, 0.3) is 0 Å². The van der Waals surface area contributed by atoms with E-state index in [2.05, 4.69) is 107 Å². The molecule has 0 aliphatic carbocycles. The van der Waals surface area contributed by atoms with Gasteiger partial charge < -0.3 is 18.8 Å². The van der Waals surface area contributed by atoms with Gasteiger partial charge in [-0.05, 0) is 57.8 Å². The number of hydrogen-bond acceptors (Lipinski definition) is 5. The van der Waals surface area contributed by atoms with Gasteiger partial charge in [-0.15, -0.1) is 0 Å². The van der Waals surface area contributed by atoms with E-state index in [1.165, 1.54) is 11.1 Å². The monoisotopic (exact) mass is 550 g/mol. The molecule has 7 heteroatoms. The van der Waals surface area contributed by atoms with Crippen molar-refractivity contribution in [2.45, 2.75) is 119 Å². The molecule has 0 unspecified atom stereocenters. The summed E-state index contributed by atoms with van der Waals surface area (Å²) in [5, 5.41) is 0. The number of rotatable bonds is 6. The highest BCUT2D eigenvalue weighted by atomic mass is 31.2. The molecule has 2 aromatic carbocycles. The van der Waals surface area contributed by atoms with E-state index in [1.54, 1.807) is 0 Å². The van der Waals surface area contributed by atoms with Gasteiger partial charge in [-0.2, -0.15) is 0 Å². The van der Waals surface area contributed by atoms with Crippen LogP contribution in [-0.2, 0) is 26.0 Å². The van der Waals surface area contributed by atoms with Crippen LogP contribution in [-0.4, -0.2) is 9.79 Å². The third-order valence-electron chi connectivity index (χ3n) is 6.37. The van der Waals surface area contributed by atoms with Crippen LogP contribution in [0.15, 0.2) is 24.3 Å². The highest BCUT2D eigenvalue weighted by molar-refractivity contribution is 7.55. The standard InChI is InChI=1S/C30H48O5P2/c1-19-15-21(27(3,4)5)17-23(29(9,10)11)25(19)33-37(35-36(31)32)34-26-20(2)16-22(28(6,7)8)18-24(26)30(12,13)14/h15-18,31-32H,1-14H3. The lowest BCUT2D eigenvalue weighted by Gasteiger charge is -2.31. The topological polar surface area (TPSA) is 68.2 Å². The molecule has 0 aromatic heterocycles. The smallest absolute Gasteiger partial charge is 0.417 e. The predicted molar refractivity (Wildman–Crippen MR) is 158 cm³/mol. The van der Waals surface area contributed by atoms with E-state index in [1.807, 2.05) is 13.8 Å². The minimum absolute atomic E-state index is 0.0287. The van der Waals surface area contributed by atoms with Gasteiger partial charge in [0.15, 0.2) is 0 Å². The molecule has 5 nitrogen and oxygen atoms in total. The Balaban J connectivity index is 2.66. The van der Waals surface area contributed by atoms with Crippen LogP contribution in [0.1, 0.15) is 116 Å². The predicted octanol–water partition coefficient (Wildman–Crippen LogP) is 9.41. The van der Waals surface area contributed by atoms with Gasteiger partial charge in [0.2, 0.25) is 0 Å². The summed E-state index contributed by atoms with van der Waals surface area (Å²) in [6, 6.07) is 8.62. The Morgan fingerprint density at radius 2 is 0.865 bits per heavy atom. The Morgan fingerprint density at radius 3 is 1.11 bits per heavy atom. The molecule has 0 saturated heterocycles. The Hall–Kier alpha value is -1.22. The molecule has 37 heavy (non-hydrogen) atoms. The average molecular weight is 551 g/mol. The highest BCUT2D eigenvalue weighted by Crippen LogP contribution is 2.54. The van der Waals surface area contributed by atoms with E-state index >= 15 is 0 Å². The lowest BCUT2D eigenvalue weighted by Crippen LogP contribution is -2.19. The second-order valence-corrected chi connectivity index (χ2v) is 16.1. The number of hydrogen-bond donors (Lipinski definition) is 2. The normalized spacial score (nSPS) is 13.5. The molecule has 2 rings (SSSR count). The molecule has 0 heterocycles. The van der Waals surface area contributed by atoms with Crippen LogP contribution in [0, 0.1) is 13.8 Å². The van der Waals surface area contributed by atoms with Crippen LogP contribution < -0.4 is 9.05 Å². The minimum Gasteiger partial charge on any atom is -0.417 e. The summed E-state index contributed by atoms with van der Waals surface area (Å²) >= 11 is 0. The second-order valence-electron chi connectivity index (χ2n) is 14.1. The first-order valence-electron chi connectivity index (χ1n) is 12.8. The van der Waals surface area contributed by atoms with Crippen molar-refractivity contribution in [3.63, 3.8) is 0 Å². The summed E-state index contributed by atoms with van der Waals surface area (Å²) in [5.74, 6) is 1.31. The lowest BCUT2D eigenvalue weighted by molar-refractivity contribution is 0.327. The SMILES string of the molecule is Cc1cc(C(C)(C)C)cc(C(C)(C)C)c1OP(Oc1c(C)cc(C(C)(C)C)cc1C(C)(C)C)OP(O)O. The number of benzene rings is 2. The van der Waals surface area contributed by atoms with Crippen molar-refractivity contribution in [3.8, 4) is 11.5 Å². The van der Waals surface area contributed by atoms with Crippen molar-refractivity contribution >= 4 is 17.2 Å². The fraction of sp³-hybridized carbons (Fsp3) is 0.600. The van der Waals surface area contributed by atoms with Gasteiger partial charge in [-0.1, -0.05) is 107 Å². The zero-order valence-electron chi connectivity index (χ0n) is 25.3. The molecule has 2 N–H and O–H groups in total. The van der Waals surface area contributed by atoms with E-state index in [9.17, 15) is 9.79 Å². The zero-order chi connectivity index (χ0) is 28.7. The second kappa shape index (κ2) is 11.1. The van der Waals surface area contributed by atoms with E-state index in [-0.39, 0.29) is 21.7 Å². The summed E-state index contributed by atoms with van der Waals surface area (Å²) in [7, 11) is -4.86. The fourth-order valence-corrected chi connectivity index (χ4v) is 5.59. The Labute approximate surface area is 228 Å². The Morgan fingerprint density at radius 1 is 0.541 bits per heavy atom. The maximum absolute atomic E-state index is 9.83. The molecule has 0 radical (unpaired) electrons. The maximum atomic E-state index is 9.83. The van der Waals surface area contributed by atoms with Crippen molar-refractivity contribution in [1.29, 1.82) is 0 Å². The van der Waals surface area contributed by atoms with Crippen molar-refractivity contribution in [3.05, 3.63) is 57.6 Å². The van der Waals surface area contributed by atoms with Crippen LogP contribution >= 0.6 is 17.2 Å². The summed E-state index contributed by atoms with van der Waals surface area (Å²) in [6.07, 6.45) is 0. The van der Waals surface area contributed by atoms with E-state index in [4.69, 9.17) is 13.4 Å². The fourth-order valence-electron chi connectivity index (χ4n) is 4.03. The third kappa shape index (κ3) is 8.38. The maximum Gasteiger partial charge on any atom is 0.470 e. The van der Waals surface area contributed by atoms with Gasteiger partial charge >= 0.3 is 17.2 Å². The lowest BCUT2D eigenvalue weighted by atomic mass is 9.79. The van der Waals surface area contributed by atoms with Crippen LogP contribution in [0.4, 0.5) is 0 Å². The third-order valence-corrected chi connectivity index (χ3v) is 8.15. The summed E-state index contributed by atoms with van der Waals surface area (Å²) in [5.41, 5.74) is 5.88. The molecule has 0 atom stereocenters. The van der Waals surface area contributed by atoms with Crippen molar-refractivity contribution in [2.75, 3.05) is 0 Å². The van der Waals surface area contributed by atoms with Gasteiger partial charge in [0.25, 0.3) is 0 Å². The molecular formula is C30H48O5P2. The molecule has 0 spiro atoms. The molecule has 2 aromatic rings. The van der Waals surface area contributed by atoms with E-state index < -0.39 is 17.2 Å².